The Morgan fingerprint density at radius 1 is 0.895 bits per heavy atom. The van der Waals surface area contributed by atoms with E-state index in [9.17, 15) is 9.59 Å². The summed E-state index contributed by atoms with van der Waals surface area (Å²) in [5, 5.41) is 5.97. The average Bonchev–Trinajstić information content (AvgIpc) is 3.34. The van der Waals surface area contributed by atoms with E-state index in [0.717, 1.165) is 32.0 Å². The van der Waals surface area contributed by atoms with Gasteiger partial charge in [0.1, 0.15) is 11.0 Å². The van der Waals surface area contributed by atoms with Gasteiger partial charge in [0.05, 0.1) is 23.7 Å². The fourth-order valence-corrected chi connectivity index (χ4v) is 5.91. The second kappa shape index (κ2) is 11.9. The summed E-state index contributed by atoms with van der Waals surface area (Å²) in [6.07, 6.45) is 0.293. The standard InChI is InChI=1S/C30H25N3O3S2/c1-36-23-15-16-25-26(19-23)38-30(32-25)33-29(35)28(21-11-6-3-7-12-21)37-24-14-8-13-22(18-24)31-27(34)17-20-9-4-2-5-10-20/h2-16,18-19,28H,17H2,1H3,(H,31,34)(H,32,33,35). The van der Waals surface area contributed by atoms with Gasteiger partial charge in [-0.25, -0.2) is 4.98 Å². The number of nitrogens with one attached hydrogen (secondary N) is 2. The molecule has 0 aliphatic heterocycles. The first-order valence-electron chi connectivity index (χ1n) is 12.0. The third kappa shape index (κ3) is 6.40. The normalized spacial score (nSPS) is 11.6. The fourth-order valence-electron chi connectivity index (χ4n) is 3.93. The topological polar surface area (TPSA) is 80.3 Å². The van der Waals surface area contributed by atoms with Crippen LogP contribution < -0.4 is 15.4 Å². The summed E-state index contributed by atoms with van der Waals surface area (Å²) in [4.78, 5) is 31.5. The number of anilines is 2. The molecule has 5 aromatic rings. The number of methoxy groups -OCH3 is 1. The molecule has 0 aliphatic carbocycles. The third-order valence-corrected chi connectivity index (χ3v) is 7.93. The number of hydrogen-bond donors (Lipinski definition) is 2. The number of rotatable bonds is 9. The molecule has 0 fully saturated rings. The number of benzene rings is 4. The van der Waals surface area contributed by atoms with Gasteiger partial charge in [0, 0.05) is 10.6 Å². The Bertz CT molecular complexity index is 1560. The van der Waals surface area contributed by atoms with Crippen molar-refractivity contribution < 1.29 is 14.3 Å². The summed E-state index contributed by atoms with van der Waals surface area (Å²) in [5.41, 5.74) is 3.30. The van der Waals surface area contributed by atoms with Crippen LogP contribution in [0.3, 0.4) is 0 Å². The van der Waals surface area contributed by atoms with E-state index < -0.39 is 5.25 Å². The predicted octanol–water partition coefficient (Wildman–Crippen LogP) is 6.96. The van der Waals surface area contributed by atoms with Crippen LogP contribution in [0.4, 0.5) is 10.8 Å². The van der Waals surface area contributed by atoms with Gasteiger partial charge in [-0.1, -0.05) is 78.1 Å². The smallest absolute Gasteiger partial charge is 0.244 e. The van der Waals surface area contributed by atoms with Gasteiger partial charge < -0.3 is 15.4 Å². The molecule has 4 aromatic carbocycles. The summed E-state index contributed by atoms with van der Waals surface area (Å²) >= 11 is 2.83. The van der Waals surface area contributed by atoms with E-state index in [1.54, 1.807) is 7.11 Å². The first-order chi connectivity index (χ1) is 18.6. The van der Waals surface area contributed by atoms with E-state index in [-0.39, 0.29) is 11.8 Å². The van der Waals surface area contributed by atoms with Crippen LogP contribution in [0.5, 0.6) is 5.75 Å². The highest BCUT2D eigenvalue weighted by Gasteiger charge is 2.23. The highest BCUT2D eigenvalue weighted by molar-refractivity contribution is 8.00. The second-order valence-corrected chi connectivity index (χ2v) is 10.7. The number of thioether (sulfide) groups is 1. The maximum absolute atomic E-state index is 13.5. The zero-order valence-corrected chi connectivity index (χ0v) is 22.2. The minimum absolute atomic E-state index is 0.0943. The van der Waals surface area contributed by atoms with Crippen molar-refractivity contribution in [1.29, 1.82) is 0 Å². The third-order valence-electron chi connectivity index (χ3n) is 5.75. The molecule has 0 saturated carbocycles. The lowest BCUT2D eigenvalue weighted by atomic mass is 10.1. The molecule has 0 bridgehead atoms. The number of nitrogens with zero attached hydrogens (tertiary/aromatic N) is 1. The van der Waals surface area contributed by atoms with Gasteiger partial charge in [-0.2, -0.15) is 0 Å². The summed E-state index contributed by atoms with van der Waals surface area (Å²) in [6.45, 7) is 0. The van der Waals surface area contributed by atoms with Gasteiger partial charge in [-0.3, -0.25) is 9.59 Å². The molecule has 5 rings (SSSR count). The van der Waals surface area contributed by atoms with Crippen molar-refractivity contribution >= 4 is 55.9 Å². The first kappa shape index (κ1) is 25.5. The zero-order valence-electron chi connectivity index (χ0n) is 20.6. The van der Waals surface area contributed by atoms with E-state index in [2.05, 4.69) is 15.6 Å². The van der Waals surface area contributed by atoms with Crippen LogP contribution in [-0.2, 0) is 16.0 Å². The van der Waals surface area contributed by atoms with Crippen LogP contribution in [0.15, 0.2) is 108 Å². The Hall–Kier alpha value is -4.14. The van der Waals surface area contributed by atoms with E-state index in [1.165, 1.54) is 23.1 Å². The van der Waals surface area contributed by atoms with Crippen molar-refractivity contribution in [2.45, 2.75) is 16.6 Å². The van der Waals surface area contributed by atoms with Crippen molar-refractivity contribution in [2.75, 3.05) is 17.7 Å². The van der Waals surface area contributed by atoms with Gasteiger partial charge in [-0.05, 0) is 47.5 Å². The maximum Gasteiger partial charge on any atom is 0.244 e. The van der Waals surface area contributed by atoms with Crippen LogP contribution in [0.2, 0.25) is 0 Å². The molecular weight excluding hydrogens is 514 g/mol. The molecule has 1 aromatic heterocycles. The number of hydrogen-bond acceptors (Lipinski definition) is 6. The molecule has 0 aliphatic rings. The highest BCUT2D eigenvalue weighted by Crippen LogP contribution is 2.38. The number of thiazole rings is 1. The second-order valence-electron chi connectivity index (χ2n) is 8.49. The maximum atomic E-state index is 13.5. The summed E-state index contributed by atoms with van der Waals surface area (Å²) in [5.74, 6) is 0.474. The van der Waals surface area contributed by atoms with Gasteiger partial charge in [0.25, 0.3) is 0 Å². The lowest BCUT2D eigenvalue weighted by Crippen LogP contribution is -2.19. The average molecular weight is 540 g/mol. The summed E-state index contributed by atoms with van der Waals surface area (Å²) < 4.78 is 6.23. The van der Waals surface area contributed by atoms with Gasteiger partial charge in [0.15, 0.2) is 5.13 Å². The number of carbonyl (C=O) groups is 2. The number of aromatic nitrogens is 1. The molecule has 0 spiro atoms. The summed E-state index contributed by atoms with van der Waals surface area (Å²) in [6, 6.07) is 32.4. The van der Waals surface area contributed by atoms with Crippen LogP contribution in [-0.4, -0.2) is 23.9 Å². The van der Waals surface area contributed by atoms with E-state index >= 15 is 0 Å². The number of fused-ring (bicyclic) bond motifs is 1. The molecule has 0 saturated heterocycles. The molecule has 6 nitrogen and oxygen atoms in total. The SMILES string of the molecule is COc1ccc2nc(NC(=O)C(Sc3cccc(NC(=O)Cc4ccccc4)c3)c3ccccc3)sc2c1. The molecule has 8 heteroatoms. The Balaban J connectivity index is 1.33. The van der Waals surface area contributed by atoms with E-state index in [0.29, 0.717) is 17.2 Å². The van der Waals surface area contributed by atoms with Crippen molar-refractivity contribution in [3.63, 3.8) is 0 Å². The Morgan fingerprint density at radius 2 is 1.66 bits per heavy atom. The molecule has 2 N–H and O–H groups in total. The van der Waals surface area contributed by atoms with Gasteiger partial charge in [0.2, 0.25) is 11.8 Å². The molecule has 1 atom stereocenters. The Morgan fingerprint density at radius 3 is 2.42 bits per heavy atom. The molecule has 38 heavy (non-hydrogen) atoms. The van der Waals surface area contributed by atoms with Crippen molar-refractivity contribution in [3.8, 4) is 5.75 Å². The van der Waals surface area contributed by atoms with Crippen LogP contribution in [0.1, 0.15) is 16.4 Å². The molecule has 0 radical (unpaired) electrons. The lowest BCUT2D eigenvalue weighted by molar-refractivity contribution is -0.116. The largest absolute Gasteiger partial charge is 0.497 e. The Labute approximate surface area is 229 Å². The van der Waals surface area contributed by atoms with Crippen LogP contribution in [0.25, 0.3) is 10.2 Å². The quantitative estimate of drug-likeness (QED) is 0.198. The highest BCUT2D eigenvalue weighted by atomic mass is 32.2. The summed E-state index contributed by atoms with van der Waals surface area (Å²) in [7, 11) is 1.62. The fraction of sp³-hybridized carbons (Fsp3) is 0.100. The molecular formula is C30H25N3O3S2. The first-order valence-corrected chi connectivity index (χ1v) is 13.7. The lowest BCUT2D eigenvalue weighted by Gasteiger charge is -2.17. The van der Waals surface area contributed by atoms with E-state index in [4.69, 9.17) is 4.74 Å². The minimum atomic E-state index is -0.520. The van der Waals surface area contributed by atoms with Crippen molar-refractivity contribution in [2.24, 2.45) is 0 Å². The van der Waals surface area contributed by atoms with Gasteiger partial charge in [-0.15, -0.1) is 11.8 Å². The molecule has 1 unspecified atom stereocenters. The molecule has 190 valence electrons. The van der Waals surface area contributed by atoms with Crippen molar-refractivity contribution in [3.05, 3.63) is 114 Å². The van der Waals surface area contributed by atoms with Crippen molar-refractivity contribution in [1.82, 2.24) is 4.98 Å². The zero-order chi connectivity index (χ0) is 26.3. The Kier molecular flexibility index (Phi) is 8.01. The monoisotopic (exact) mass is 539 g/mol. The predicted molar refractivity (Wildman–Crippen MR) is 155 cm³/mol. The molecule has 1 heterocycles. The number of amides is 2. The number of carbonyl (C=O) groups excluding carboxylic acids is 2. The number of ether oxygens (including phenoxy) is 1. The van der Waals surface area contributed by atoms with Gasteiger partial charge >= 0.3 is 0 Å². The van der Waals surface area contributed by atoms with E-state index in [1.807, 2.05) is 103 Å². The molecule has 2 amide bonds. The van der Waals surface area contributed by atoms with Crippen LogP contribution in [0, 0.1) is 0 Å². The van der Waals surface area contributed by atoms with Crippen LogP contribution >= 0.6 is 23.1 Å². The minimum Gasteiger partial charge on any atom is -0.497 e.